The van der Waals surface area contributed by atoms with E-state index in [-0.39, 0.29) is 0 Å². The number of allylic oxidation sites excluding steroid dienone is 2. The monoisotopic (exact) mass is 684 g/mol. The van der Waals surface area contributed by atoms with E-state index in [9.17, 15) is 0 Å². The Morgan fingerprint density at radius 1 is 0.667 bits per heavy atom. The zero-order valence-electron chi connectivity index (χ0n) is 20.3. The standard InChI is InChI=1S/C27H27Br3O6/c1-31-25-16-4-22(28)5-17(25)11-35-13-19-7-24(30)9-21(27(19)33-3)15-36-14-20-8-23(29)6-18(12-34-10-16)26(20)32-2/h4-8,15H,9-14H2,1-3H3/b21-15-. The molecular formula is C27H27Br3O6. The second-order valence-corrected chi connectivity index (χ2v) is 11.1. The van der Waals surface area contributed by atoms with Crippen molar-refractivity contribution in [1.29, 1.82) is 0 Å². The smallest absolute Gasteiger partial charge is 0.131 e. The van der Waals surface area contributed by atoms with Crippen LogP contribution < -0.4 is 9.47 Å². The fourth-order valence-corrected chi connectivity index (χ4v) is 6.07. The average molecular weight is 687 g/mol. The molecule has 9 heteroatoms. The summed E-state index contributed by atoms with van der Waals surface area (Å²) in [6.07, 6.45) is 4.44. The molecule has 6 bridgehead atoms. The minimum atomic E-state index is 0.325. The van der Waals surface area contributed by atoms with Crippen molar-refractivity contribution in [1.82, 2.24) is 0 Å². The summed E-state index contributed by atoms with van der Waals surface area (Å²) in [5.74, 6) is 2.23. The summed E-state index contributed by atoms with van der Waals surface area (Å²) in [4.78, 5) is 0. The van der Waals surface area contributed by atoms with Crippen LogP contribution in [-0.4, -0.2) is 27.9 Å². The van der Waals surface area contributed by atoms with Crippen LogP contribution in [0, 0.1) is 0 Å². The van der Waals surface area contributed by atoms with Crippen molar-refractivity contribution >= 4 is 47.8 Å². The molecule has 0 unspecified atom stereocenters. The Balaban J connectivity index is 1.77. The van der Waals surface area contributed by atoms with E-state index in [1.165, 1.54) is 0 Å². The van der Waals surface area contributed by atoms with Crippen LogP contribution in [0.4, 0.5) is 0 Å². The maximum Gasteiger partial charge on any atom is 0.131 e. The number of halogens is 3. The quantitative estimate of drug-likeness (QED) is 0.334. The highest BCUT2D eigenvalue weighted by Crippen LogP contribution is 2.35. The van der Waals surface area contributed by atoms with E-state index < -0.39 is 0 Å². The van der Waals surface area contributed by atoms with Crippen LogP contribution in [0.2, 0.25) is 0 Å². The molecule has 6 nitrogen and oxygen atoms in total. The maximum absolute atomic E-state index is 6.12. The third kappa shape index (κ3) is 6.37. The third-order valence-electron chi connectivity index (χ3n) is 5.80. The van der Waals surface area contributed by atoms with Crippen molar-refractivity contribution < 1.29 is 28.4 Å². The molecule has 0 atom stereocenters. The van der Waals surface area contributed by atoms with Crippen LogP contribution in [0.1, 0.15) is 28.7 Å². The Kier molecular flexibility index (Phi) is 9.58. The third-order valence-corrected chi connectivity index (χ3v) is 7.22. The van der Waals surface area contributed by atoms with Crippen LogP contribution >= 0.6 is 47.8 Å². The molecule has 0 fully saturated rings. The van der Waals surface area contributed by atoms with Crippen molar-refractivity contribution in [3.63, 3.8) is 0 Å². The lowest BCUT2D eigenvalue weighted by molar-refractivity contribution is 0.102. The van der Waals surface area contributed by atoms with E-state index in [2.05, 4.69) is 47.8 Å². The van der Waals surface area contributed by atoms with Crippen molar-refractivity contribution in [3.05, 3.63) is 89.2 Å². The van der Waals surface area contributed by atoms with Gasteiger partial charge in [0.1, 0.15) is 23.9 Å². The van der Waals surface area contributed by atoms with Crippen molar-refractivity contribution in [2.24, 2.45) is 0 Å². The first-order chi connectivity index (χ1) is 17.4. The van der Waals surface area contributed by atoms with Gasteiger partial charge in [0, 0.05) is 53.2 Å². The Morgan fingerprint density at radius 3 is 1.67 bits per heavy atom. The molecule has 0 radical (unpaired) electrons. The molecule has 0 amide bonds. The molecular weight excluding hydrogens is 660 g/mol. The first kappa shape index (κ1) is 27.3. The first-order valence-corrected chi connectivity index (χ1v) is 13.6. The summed E-state index contributed by atoms with van der Waals surface area (Å²) in [6.45, 7) is 1.76. The normalized spacial score (nSPS) is 18.2. The second kappa shape index (κ2) is 12.6. The second-order valence-electron chi connectivity index (χ2n) is 8.28. The molecule has 2 aliphatic rings. The van der Waals surface area contributed by atoms with Crippen molar-refractivity contribution in [2.75, 3.05) is 27.9 Å². The van der Waals surface area contributed by atoms with Gasteiger partial charge in [-0.15, -0.1) is 0 Å². The fourth-order valence-electron chi connectivity index (χ4n) is 4.39. The van der Waals surface area contributed by atoms with E-state index >= 15 is 0 Å². The molecule has 0 saturated heterocycles. The van der Waals surface area contributed by atoms with Crippen LogP contribution in [-0.2, 0) is 45.4 Å². The molecule has 192 valence electrons. The summed E-state index contributed by atoms with van der Waals surface area (Å²) < 4.78 is 38.4. The van der Waals surface area contributed by atoms with E-state index in [1.807, 2.05) is 30.3 Å². The van der Waals surface area contributed by atoms with Gasteiger partial charge in [-0.1, -0.05) is 47.8 Å². The van der Waals surface area contributed by atoms with Crippen LogP contribution in [0.5, 0.6) is 11.5 Å². The Morgan fingerprint density at radius 2 is 1.17 bits per heavy atom. The average Bonchev–Trinajstić information content (AvgIpc) is 2.83. The molecule has 1 aliphatic heterocycles. The molecule has 2 aromatic rings. The van der Waals surface area contributed by atoms with Gasteiger partial charge in [-0.2, -0.15) is 0 Å². The molecule has 0 saturated carbocycles. The summed E-state index contributed by atoms with van der Waals surface area (Å²) in [6, 6.07) is 7.99. The number of fused-ring (bicyclic) bond motifs is 5. The predicted octanol–water partition coefficient (Wildman–Crippen LogP) is 7.46. The maximum atomic E-state index is 6.12. The van der Waals surface area contributed by atoms with Gasteiger partial charge in [0.05, 0.1) is 54.0 Å². The summed E-state index contributed by atoms with van der Waals surface area (Å²) in [5, 5.41) is 0. The number of ether oxygens (including phenoxy) is 6. The zero-order chi connectivity index (χ0) is 25.7. The lowest BCUT2D eigenvalue weighted by Crippen LogP contribution is -2.10. The minimum Gasteiger partial charge on any atom is -0.496 e. The SMILES string of the molecule is COC1=C2C=C(Br)C/C1=C/OCc1cc(Br)cc(c1OC)COCc1cc(Br)cc(c1OC)COC2. The van der Waals surface area contributed by atoms with Crippen LogP contribution in [0.25, 0.3) is 0 Å². The molecule has 2 aromatic carbocycles. The summed E-state index contributed by atoms with van der Waals surface area (Å²) >= 11 is 10.9. The molecule has 0 spiro atoms. The molecule has 1 heterocycles. The van der Waals surface area contributed by atoms with Gasteiger partial charge in [-0.05, 0) is 30.3 Å². The van der Waals surface area contributed by atoms with Gasteiger partial charge in [-0.25, -0.2) is 0 Å². The highest BCUT2D eigenvalue weighted by Gasteiger charge is 2.21. The van der Waals surface area contributed by atoms with Gasteiger partial charge in [-0.3, -0.25) is 0 Å². The van der Waals surface area contributed by atoms with E-state index in [0.29, 0.717) is 39.5 Å². The zero-order valence-corrected chi connectivity index (χ0v) is 25.0. The number of hydrogen-bond acceptors (Lipinski definition) is 6. The lowest BCUT2D eigenvalue weighted by Gasteiger charge is -2.21. The highest BCUT2D eigenvalue weighted by atomic mass is 79.9. The van der Waals surface area contributed by atoms with Gasteiger partial charge in [0.2, 0.25) is 0 Å². The molecule has 1 aliphatic carbocycles. The molecule has 4 rings (SSSR count). The Bertz CT molecular complexity index is 1220. The summed E-state index contributed by atoms with van der Waals surface area (Å²) in [7, 11) is 4.98. The van der Waals surface area contributed by atoms with Gasteiger partial charge in [0.15, 0.2) is 0 Å². The minimum absolute atomic E-state index is 0.325. The molecule has 0 N–H and O–H groups in total. The fraction of sp³-hybridized carbons (Fsp3) is 0.333. The first-order valence-electron chi connectivity index (χ1n) is 11.2. The largest absolute Gasteiger partial charge is 0.496 e. The number of rotatable bonds is 3. The number of hydrogen-bond donors (Lipinski definition) is 0. The predicted molar refractivity (Wildman–Crippen MR) is 148 cm³/mol. The van der Waals surface area contributed by atoms with Gasteiger partial charge < -0.3 is 28.4 Å². The summed E-state index contributed by atoms with van der Waals surface area (Å²) in [5.41, 5.74) is 5.51. The molecule has 36 heavy (non-hydrogen) atoms. The van der Waals surface area contributed by atoms with Crippen molar-refractivity contribution in [2.45, 2.75) is 32.8 Å². The number of methoxy groups -OCH3 is 3. The topological polar surface area (TPSA) is 55.4 Å². The van der Waals surface area contributed by atoms with Gasteiger partial charge >= 0.3 is 0 Å². The van der Waals surface area contributed by atoms with Crippen LogP contribution in [0.15, 0.2) is 66.9 Å². The van der Waals surface area contributed by atoms with E-state index in [0.717, 1.165) is 64.1 Å². The Labute approximate surface area is 236 Å². The van der Waals surface area contributed by atoms with Gasteiger partial charge in [0.25, 0.3) is 0 Å². The Hall–Kier alpha value is -1.78. The van der Waals surface area contributed by atoms with Crippen molar-refractivity contribution in [3.8, 4) is 11.5 Å². The van der Waals surface area contributed by atoms with E-state index in [4.69, 9.17) is 28.4 Å². The highest BCUT2D eigenvalue weighted by molar-refractivity contribution is 9.11. The van der Waals surface area contributed by atoms with Crippen LogP contribution in [0.3, 0.4) is 0 Å². The van der Waals surface area contributed by atoms with E-state index in [1.54, 1.807) is 27.6 Å². The molecule has 0 aromatic heterocycles. The number of benzene rings is 2. The lowest BCUT2D eigenvalue weighted by atomic mass is 10.0.